The van der Waals surface area contributed by atoms with Crippen molar-refractivity contribution in [2.45, 2.75) is 13.3 Å². The van der Waals surface area contributed by atoms with Crippen LogP contribution in [0.25, 0.3) is 0 Å². The number of ether oxygens (including phenoxy) is 1. The molecule has 0 aliphatic rings. The van der Waals surface area contributed by atoms with Gasteiger partial charge in [-0.25, -0.2) is 9.59 Å². The highest BCUT2D eigenvalue weighted by molar-refractivity contribution is 6.27. The maximum absolute atomic E-state index is 10.8. The lowest BCUT2D eigenvalue weighted by molar-refractivity contribution is -0.159. The van der Waals surface area contributed by atoms with E-state index >= 15 is 0 Å². The smallest absolute Gasteiger partial charge is 0.414 e. The number of carbonyl (C=O) groups excluding carboxylic acids is 1. The molecule has 17 heavy (non-hydrogen) atoms. The summed E-state index contributed by atoms with van der Waals surface area (Å²) in [5.41, 5.74) is 0. The summed E-state index contributed by atoms with van der Waals surface area (Å²) in [6.07, 6.45) is 0.412. The largest absolute Gasteiger partial charge is 0.473 e. The molecule has 0 amide bonds. The standard InChI is InChI=1S/C9H10O2.C2H2O4/c1-2-9(10)11-8-6-4-3-5-7-8;3-1(4)2(5)6/h3-7H,2H2,1H3;(H,3,4)(H,5,6). The lowest BCUT2D eigenvalue weighted by Crippen LogP contribution is -2.09. The Morgan fingerprint density at radius 3 is 1.88 bits per heavy atom. The number of carboxylic acids is 2. The normalized spacial score (nSPS) is 8.53. The summed E-state index contributed by atoms with van der Waals surface area (Å²) < 4.78 is 4.92. The van der Waals surface area contributed by atoms with E-state index in [1.165, 1.54) is 0 Å². The van der Waals surface area contributed by atoms with Crippen molar-refractivity contribution in [2.24, 2.45) is 0 Å². The van der Waals surface area contributed by atoms with Crippen LogP contribution in [0.3, 0.4) is 0 Å². The molecule has 0 aliphatic heterocycles. The van der Waals surface area contributed by atoms with Crippen LogP contribution >= 0.6 is 0 Å². The zero-order valence-electron chi connectivity index (χ0n) is 9.12. The monoisotopic (exact) mass is 240 g/mol. The maximum atomic E-state index is 10.8. The van der Waals surface area contributed by atoms with Crippen LogP contribution < -0.4 is 4.74 Å². The average Bonchev–Trinajstić information content (AvgIpc) is 2.31. The Kier molecular flexibility index (Phi) is 6.77. The summed E-state index contributed by atoms with van der Waals surface area (Å²) in [5.74, 6) is -3.24. The second kappa shape index (κ2) is 7.86. The van der Waals surface area contributed by atoms with E-state index in [9.17, 15) is 4.79 Å². The van der Waals surface area contributed by atoms with E-state index in [1.807, 2.05) is 18.2 Å². The fourth-order valence-corrected chi connectivity index (χ4v) is 0.692. The first-order valence-corrected chi connectivity index (χ1v) is 4.69. The topological polar surface area (TPSA) is 101 Å². The zero-order chi connectivity index (χ0) is 13.3. The fourth-order valence-electron chi connectivity index (χ4n) is 0.692. The summed E-state index contributed by atoms with van der Waals surface area (Å²) in [7, 11) is 0. The molecule has 6 heteroatoms. The van der Waals surface area contributed by atoms with E-state index in [-0.39, 0.29) is 5.97 Å². The minimum atomic E-state index is -1.82. The third-order valence-corrected chi connectivity index (χ3v) is 1.45. The molecule has 0 heterocycles. The number of carbonyl (C=O) groups is 3. The molecule has 0 aromatic heterocycles. The maximum Gasteiger partial charge on any atom is 0.414 e. The van der Waals surface area contributed by atoms with Gasteiger partial charge >= 0.3 is 17.9 Å². The number of benzene rings is 1. The molecular weight excluding hydrogens is 228 g/mol. The van der Waals surface area contributed by atoms with Crippen molar-refractivity contribution in [1.82, 2.24) is 0 Å². The highest BCUT2D eigenvalue weighted by Crippen LogP contribution is 2.08. The molecule has 1 aromatic rings. The van der Waals surface area contributed by atoms with E-state index in [2.05, 4.69) is 0 Å². The van der Waals surface area contributed by atoms with Crippen LogP contribution in [0.5, 0.6) is 5.75 Å². The van der Waals surface area contributed by atoms with Crippen LogP contribution in [0.1, 0.15) is 13.3 Å². The van der Waals surface area contributed by atoms with Crippen molar-refractivity contribution in [2.75, 3.05) is 0 Å². The predicted molar refractivity (Wildman–Crippen MR) is 57.6 cm³/mol. The molecule has 2 N–H and O–H groups in total. The minimum absolute atomic E-state index is 0.198. The van der Waals surface area contributed by atoms with E-state index < -0.39 is 11.9 Å². The second-order valence-corrected chi connectivity index (χ2v) is 2.75. The van der Waals surface area contributed by atoms with Crippen LogP contribution in [0, 0.1) is 0 Å². The lowest BCUT2D eigenvalue weighted by atomic mass is 10.3. The highest BCUT2D eigenvalue weighted by atomic mass is 16.5. The summed E-state index contributed by atoms with van der Waals surface area (Å²) in [5, 5.41) is 14.8. The van der Waals surface area contributed by atoms with Crippen LogP contribution in [-0.2, 0) is 14.4 Å². The van der Waals surface area contributed by atoms with Crippen LogP contribution in [0.4, 0.5) is 0 Å². The van der Waals surface area contributed by atoms with Crippen molar-refractivity contribution >= 4 is 17.9 Å². The number of aliphatic carboxylic acids is 2. The molecule has 0 saturated heterocycles. The molecule has 1 rings (SSSR count). The molecule has 0 unspecified atom stereocenters. The van der Waals surface area contributed by atoms with Gasteiger partial charge in [-0.3, -0.25) is 4.79 Å². The number of hydrogen-bond donors (Lipinski definition) is 2. The van der Waals surface area contributed by atoms with Gasteiger partial charge in [-0.2, -0.15) is 0 Å². The summed E-state index contributed by atoms with van der Waals surface area (Å²) in [6, 6.07) is 9.06. The molecule has 0 fully saturated rings. The molecular formula is C11H12O6. The second-order valence-electron chi connectivity index (χ2n) is 2.75. The van der Waals surface area contributed by atoms with Gasteiger partial charge < -0.3 is 14.9 Å². The fraction of sp³-hybridized carbons (Fsp3) is 0.182. The van der Waals surface area contributed by atoms with Gasteiger partial charge in [0.05, 0.1) is 0 Å². The van der Waals surface area contributed by atoms with Gasteiger partial charge in [0.15, 0.2) is 0 Å². The summed E-state index contributed by atoms with van der Waals surface area (Å²) in [4.78, 5) is 29.0. The first kappa shape index (κ1) is 14.6. The van der Waals surface area contributed by atoms with Crippen molar-refractivity contribution < 1.29 is 29.3 Å². The third kappa shape index (κ3) is 7.55. The Morgan fingerprint density at radius 1 is 1.06 bits per heavy atom. The number of rotatable bonds is 2. The lowest BCUT2D eigenvalue weighted by Gasteiger charge is -1.99. The van der Waals surface area contributed by atoms with E-state index in [0.29, 0.717) is 12.2 Å². The molecule has 1 aromatic carbocycles. The molecule has 0 bridgehead atoms. The van der Waals surface area contributed by atoms with E-state index in [1.54, 1.807) is 19.1 Å². The van der Waals surface area contributed by atoms with Crippen molar-refractivity contribution in [3.8, 4) is 5.75 Å². The Hall–Kier alpha value is -2.37. The quantitative estimate of drug-likeness (QED) is 0.457. The highest BCUT2D eigenvalue weighted by Gasteiger charge is 2.04. The molecule has 0 spiro atoms. The van der Waals surface area contributed by atoms with Gasteiger partial charge in [0.25, 0.3) is 0 Å². The third-order valence-electron chi connectivity index (χ3n) is 1.45. The molecule has 92 valence electrons. The number of carboxylic acid groups (broad SMARTS) is 2. The molecule has 0 saturated carbocycles. The predicted octanol–water partition coefficient (Wildman–Crippen LogP) is 1.16. The van der Waals surface area contributed by atoms with Gasteiger partial charge in [-0.1, -0.05) is 25.1 Å². The first-order chi connectivity index (χ1) is 7.97. The van der Waals surface area contributed by atoms with Gasteiger partial charge in [0, 0.05) is 6.42 Å². The number of esters is 1. The van der Waals surface area contributed by atoms with Crippen LogP contribution in [0.2, 0.25) is 0 Å². The van der Waals surface area contributed by atoms with Gasteiger partial charge in [-0.15, -0.1) is 0 Å². The molecule has 6 nitrogen and oxygen atoms in total. The van der Waals surface area contributed by atoms with Gasteiger partial charge in [-0.05, 0) is 12.1 Å². The first-order valence-electron chi connectivity index (χ1n) is 4.69. The number of hydrogen-bond acceptors (Lipinski definition) is 4. The number of para-hydroxylation sites is 1. The average molecular weight is 240 g/mol. The Morgan fingerprint density at radius 2 is 1.53 bits per heavy atom. The zero-order valence-corrected chi connectivity index (χ0v) is 9.12. The Bertz CT molecular complexity index is 372. The Labute approximate surface area is 97.4 Å². The van der Waals surface area contributed by atoms with Crippen molar-refractivity contribution in [1.29, 1.82) is 0 Å². The van der Waals surface area contributed by atoms with Crippen molar-refractivity contribution in [3.05, 3.63) is 30.3 Å². The summed E-state index contributed by atoms with van der Waals surface area (Å²) >= 11 is 0. The van der Waals surface area contributed by atoms with Crippen LogP contribution in [0.15, 0.2) is 30.3 Å². The van der Waals surface area contributed by atoms with E-state index in [0.717, 1.165) is 0 Å². The summed E-state index contributed by atoms with van der Waals surface area (Å²) in [6.45, 7) is 1.77. The van der Waals surface area contributed by atoms with Gasteiger partial charge in [0.1, 0.15) is 5.75 Å². The van der Waals surface area contributed by atoms with E-state index in [4.69, 9.17) is 24.5 Å². The Balaban J connectivity index is 0.000000366. The molecule has 0 aliphatic carbocycles. The molecule has 0 atom stereocenters. The van der Waals surface area contributed by atoms with Crippen molar-refractivity contribution in [3.63, 3.8) is 0 Å². The van der Waals surface area contributed by atoms with Gasteiger partial charge in [0.2, 0.25) is 0 Å². The van der Waals surface area contributed by atoms with Crippen LogP contribution in [-0.4, -0.2) is 28.1 Å². The minimum Gasteiger partial charge on any atom is -0.473 e. The molecule has 0 radical (unpaired) electrons. The SMILES string of the molecule is CCC(=O)Oc1ccccc1.O=C(O)C(=O)O.